The summed E-state index contributed by atoms with van der Waals surface area (Å²) >= 11 is 0. The summed E-state index contributed by atoms with van der Waals surface area (Å²) in [5.41, 5.74) is 5.51. The lowest BCUT2D eigenvalue weighted by molar-refractivity contribution is -0.143. The number of Topliss-reactive ketones (excluding diaryl/α,β-unsaturated/α-hetero) is 1. The number of allylic oxidation sites excluding steroid dienone is 2. The largest absolute Gasteiger partial charge is 0.469 e. The first kappa shape index (κ1) is 21.3. The molecule has 0 aromatic heterocycles. The fraction of sp³-hybridized carbons (Fsp3) is 0.250. The Morgan fingerprint density at radius 1 is 0.964 bits per heavy atom. The van der Waals surface area contributed by atoms with Crippen LogP contribution in [0.2, 0.25) is 0 Å². The Morgan fingerprint density at radius 2 is 1.46 bits per heavy atom. The molecule has 2 rings (SSSR count). The van der Waals surface area contributed by atoms with Gasteiger partial charge in [0.2, 0.25) is 0 Å². The molecule has 1 atom stereocenters. The molecule has 0 saturated carbocycles. The van der Waals surface area contributed by atoms with E-state index in [1.54, 1.807) is 12.2 Å². The average molecular weight is 378 g/mol. The van der Waals surface area contributed by atoms with Crippen LogP contribution in [-0.4, -0.2) is 30.1 Å². The van der Waals surface area contributed by atoms with E-state index in [9.17, 15) is 14.7 Å². The predicted molar refractivity (Wildman–Crippen MR) is 111 cm³/mol. The van der Waals surface area contributed by atoms with E-state index >= 15 is 0 Å². The SMILES string of the molecule is COC(=O)CC(=O)CC(O)/C=C/C=C(c1ccc(C)cc1)c1ccc(C)cc1. The van der Waals surface area contributed by atoms with Gasteiger partial charge in [0.15, 0.2) is 0 Å². The van der Waals surface area contributed by atoms with Gasteiger partial charge in [-0.2, -0.15) is 0 Å². The maximum atomic E-state index is 11.7. The molecule has 4 heteroatoms. The highest BCUT2D eigenvalue weighted by atomic mass is 16.5. The zero-order chi connectivity index (χ0) is 20.5. The van der Waals surface area contributed by atoms with Crippen molar-refractivity contribution in [2.75, 3.05) is 7.11 Å². The minimum Gasteiger partial charge on any atom is -0.469 e. The lowest BCUT2D eigenvalue weighted by Crippen LogP contribution is -2.15. The van der Waals surface area contributed by atoms with Crippen molar-refractivity contribution >= 4 is 17.3 Å². The molecule has 0 bridgehead atoms. The van der Waals surface area contributed by atoms with Crippen LogP contribution in [0.5, 0.6) is 0 Å². The summed E-state index contributed by atoms with van der Waals surface area (Å²) in [5.74, 6) is -0.952. The highest BCUT2D eigenvalue weighted by molar-refractivity contribution is 5.95. The monoisotopic (exact) mass is 378 g/mol. The summed E-state index contributed by atoms with van der Waals surface area (Å²) in [7, 11) is 1.23. The molecule has 0 spiro atoms. The molecule has 2 aromatic rings. The number of carbonyl (C=O) groups is 2. The average Bonchev–Trinajstić information content (AvgIpc) is 2.67. The van der Waals surface area contributed by atoms with Gasteiger partial charge in [-0.25, -0.2) is 0 Å². The number of hydrogen-bond acceptors (Lipinski definition) is 4. The predicted octanol–water partition coefficient (Wildman–Crippen LogP) is 4.17. The normalized spacial score (nSPS) is 11.9. The Hall–Kier alpha value is -2.98. The number of hydrogen-bond donors (Lipinski definition) is 1. The van der Waals surface area contributed by atoms with Gasteiger partial charge >= 0.3 is 5.97 Å². The second-order valence-corrected chi connectivity index (χ2v) is 6.76. The van der Waals surface area contributed by atoms with Gasteiger partial charge in [0.25, 0.3) is 0 Å². The van der Waals surface area contributed by atoms with Crippen LogP contribution in [0.3, 0.4) is 0 Å². The first-order valence-electron chi connectivity index (χ1n) is 9.18. The molecule has 0 aliphatic rings. The standard InChI is InChI=1S/C24H26O4/c1-17-7-11-19(12-8-17)23(20-13-9-18(2)10-14-20)6-4-5-21(25)15-22(26)16-24(27)28-3/h4-14,21,25H,15-16H2,1-3H3/b5-4+. The molecule has 0 heterocycles. The second-order valence-electron chi connectivity index (χ2n) is 6.76. The molecule has 0 fully saturated rings. The van der Waals surface area contributed by atoms with Crippen LogP contribution < -0.4 is 0 Å². The van der Waals surface area contributed by atoms with E-state index in [1.807, 2.05) is 19.9 Å². The molecule has 4 nitrogen and oxygen atoms in total. The number of ether oxygens (including phenoxy) is 1. The van der Waals surface area contributed by atoms with Crippen molar-refractivity contribution in [2.45, 2.75) is 32.8 Å². The number of carbonyl (C=O) groups excluding carboxylic acids is 2. The highest BCUT2D eigenvalue weighted by Crippen LogP contribution is 2.24. The van der Waals surface area contributed by atoms with E-state index in [1.165, 1.54) is 18.2 Å². The maximum absolute atomic E-state index is 11.7. The second kappa shape index (κ2) is 10.4. The summed E-state index contributed by atoms with van der Waals surface area (Å²) in [6.07, 6.45) is 3.82. The van der Waals surface area contributed by atoms with E-state index in [2.05, 4.69) is 53.3 Å². The molecule has 28 heavy (non-hydrogen) atoms. The van der Waals surface area contributed by atoms with Gasteiger partial charge in [-0.05, 0) is 30.5 Å². The van der Waals surface area contributed by atoms with Gasteiger partial charge < -0.3 is 9.84 Å². The van der Waals surface area contributed by atoms with Crippen molar-refractivity contribution in [3.05, 3.63) is 89.0 Å². The van der Waals surface area contributed by atoms with Crippen LogP contribution in [0.4, 0.5) is 0 Å². The van der Waals surface area contributed by atoms with Crippen molar-refractivity contribution in [3.8, 4) is 0 Å². The van der Waals surface area contributed by atoms with Gasteiger partial charge in [-0.15, -0.1) is 0 Å². The molecule has 0 saturated heterocycles. The lowest BCUT2D eigenvalue weighted by Gasteiger charge is -2.09. The van der Waals surface area contributed by atoms with Gasteiger partial charge in [0.05, 0.1) is 13.2 Å². The summed E-state index contributed by atoms with van der Waals surface area (Å²) < 4.78 is 4.46. The summed E-state index contributed by atoms with van der Waals surface area (Å²) in [6, 6.07) is 16.5. The number of aliphatic hydroxyl groups is 1. The molecule has 0 amide bonds. The molecule has 1 unspecified atom stereocenters. The minimum absolute atomic E-state index is 0.121. The Bertz CT molecular complexity index is 811. The number of methoxy groups -OCH3 is 1. The van der Waals surface area contributed by atoms with Crippen LogP contribution in [0, 0.1) is 13.8 Å². The van der Waals surface area contributed by atoms with Crippen LogP contribution in [0.15, 0.2) is 66.8 Å². The van der Waals surface area contributed by atoms with Crippen molar-refractivity contribution in [1.82, 2.24) is 0 Å². The van der Waals surface area contributed by atoms with Crippen molar-refractivity contribution < 1.29 is 19.4 Å². The van der Waals surface area contributed by atoms with E-state index < -0.39 is 12.1 Å². The molecule has 2 aromatic carbocycles. The van der Waals surface area contributed by atoms with E-state index in [0.717, 1.165) is 16.7 Å². The maximum Gasteiger partial charge on any atom is 0.313 e. The summed E-state index contributed by atoms with van der Waals surface area (Å²) in [4.78, 5) is 22.8. The van der Waals surface area contributed by atoms with Crippen molar-refractivity contribution in [2.24, 2.45) is 0 Å². The Balaban J connectivity index is 2.18. The third-order valence-electron chi connectivity index (χ3n) is 4.33. The fourth-order valence-electron chi connectivity index (χ4n) is 2.71. The summed E-state index contributed by atoms with van der Waals surface area (Å²) in [5, 5.41) is 10.0. The van der Waals surface area contributed by atoms with E-state index in [0.29, 0.717) is 0 Å². The molecule has 0 radical (unpaired) electrons. The third kappa shape index (κ3) is 6.63. The number of aryl methyl sites for hydroxylation is 2. The number of ketones is 1. The highest BCUT2D eigenvalue weighted by Gasteiger charge is 2.13. The Morgan fingerprint density at radius 3 is 1.93 bits per heavy atom. The fourth-order valence-corrected chi connectivity index (χ4v) is 2.71. The topological polar surface area (TPSA) is 63.6 Å². The molecule has 146 valence electrons. The van der Waals surface area contributed by atoms with Crippen molar-refractivity contribution in [3.63, 3.8) is 0 Å². The molecular formula is C24H26O4. The first-order valence-corrected chi connectivity index (χ1v) is 9.18. The first-order chi connectivity index (χ1) is 13.4. The molecular weight excluding hydrogens is 352 g/mol. The molecule has 0 aliphatic carbocycles. The quantitative estimate of drug-likeness (QED) is 0.425. The minimum atomic E-state index is -0.953. The molecule has 0 aliphatic heterocycles. The van der Waals surface area contributed by atoms with Gasteiger partial charge in [-0.3, -0.25) is 9.59 Å². The summed E-state index contributed by atoms with van der Waals surface area (Å²) in [6.45, 7) is 4.08. The van der Waals surface area contributed by atoms with Gasteiger partial charge in [0.1, 0.15) is 12.2 Å². The zero-order valence-electron chi connectivity index (χ0n) is 16.5. The molecule has 1 N–H and O–H groups in total. The number of rotatable bonds is 8. The van der Waals surface area contributed by atoms with Crippen LogP contribution in [0.25, 0.3) is 5.57 Å². The van der Waals surface area contributed by atoms with E-state index in [-0.39, 0.29) is 18.6 Å². The third-order valence-corrected chi connectivity index (χ3v) is 4.33. The Labute approximate surface area is 166 Å². The van der Waals surface area contributed by atoms with E-state index in [4.69, 9.17) is 0 Å². The van der Waals surface area contributed by atoms with Crippen LogP contribution in [-0.2, 0) is 14.3 Å². The smallest absolute Gasteiger partial charge is 0.313 e. The lowest BCUT2D eigenvalue weighted by atomic mass is 9.96. The van der Waals surface area contributed by atoms with Crippen molar-refractivity contribution in [1.29, 1.82) is 0 Å². The van der Waals surface area contributed by atoms with Crippen LogP contribution >= 0.6 is 0 Å². The number of aliphatic hydroxyl groups excluding tert-OH is 1. The van der Waals surface area contributed by atoms with Gasteiger partial charge in [-0.1, -0.05) is 77.9 Å². The number of esters is 1. The van der Waals surface area contributed by atoms with Gasteiger partial charge in [0, 0.05) is 6.42 Å². The van der Waals surface area contributed by atoms with Crippen LogP contribution in [0.1, 0.15) is 35.1 Å². The Kier molecular flexibility index (Phi) is 7.90. The zero-order valence-corrected chi connectivity index (χ0v) is 16.5. The number of benzene rings is 2.